The van der Waals surface area contributed by atoms with Gasteiger partial charge in [-0.25, -0.2) is 4.39 Å². The van der Waals surface area contributed by atoms with E-state index in [1.165, 1.54) is 6.07 Å². The number of aliphatic hydroxyl groups is 1. The van der Waals surface area contributed by atoms with Crippen molar-refractivity contribution >= 4 is 11.4 Å². The standard InChI is InChI=1S/C17H21FN2O/c1-4-5-8-13(12(2)21)17(20-3)11-16(19)14-9-6-7-10-15(14)18/h4-12,21H,19H2,1-3H3/b5-4-,13-8+,16-11?,20-17?/t12-/m1/s1. The molecule has 0 aliphatic carbocycles. The Balaban J connectivity index is 3.22. The van der Waals surface area contributed by atoms with Crippen LogP contribution in [0, 0.1) is 5.82 Å². The van der Waals surface area contributed by atoms with Gasteiger partial charge in [-0.2, -0.15) is 0 Å². The monoisotopic (exact) mass is 288 g/mol. The summed E-state index contributed by atoms with van der Waals surface area (Å²) in [5.74, 6) is -0.391. The minimum absolute atomic E-state index is 0.265. The molecule has 0 amide bonds. The fourth-order valence-corrected chi connectivity index (χ4v) is 1.84. The van der Waals surface area contributed by atoms with Crippen molar-refractivity contribution in [3.63, 3.8) is 0 Å². The van der Waals surface area contributed by atoms with Crippen LogP contribution in [0.1, 0.15) is 19.4 Å². The fraction of sp³-hybridized carbons (Fsp3) is 0.235. The summed E-state index contributed by atoms with van der Waals surface area (Å²) in [4.78, 5) is 4.13. The van der Waals surface area contributed by atoms with Crippen LogP contribution in [-0.4, -0.2) is 24.0 Å². The summed E-state index contributed by atoms with van der Waals surface area (Å²) >= 11 is 0. The van der Waals surface area contributed by atoms with E-state index >= 15 is 0 Å². The number of hydrogen-bond acceptors (Lipinski definition) is 3. The minimum Gasteiger partial charge on any atom is -0.398 e. The minimum atomic E-state index is -0.704. The molecule has 0 saturated carbocycles. The maximum Gasteiger partial charge on any atom is 0.132 e. The van der Waals surface area contributed by atoms with Crippen molar-refractivity contribution in [1.82, 2.24) is 0 Å². The van der Waals surface area contributed by atoms with Gasteiger partial charge in [0.2, 0.25) is 0 Å². The highest BCUT2D eigenvalue weighted by Crippen LogP contribution is 2.16. The van der Waals surface area contributed by atoms with Gasteiger partial charge in [-0.15, -0.1) is 0 Å². The molecule has 0 bridgehead atoms. The normalized spacial score (nSPS) is 15.6. The van der Waals surface area contributed by atoms with Crippen molar-refractivity contribution in [2.45, 2.75) is 20.0 Å². The highest BCUT2D eigenvalue weighted by molar-refractivity contribution is 6.12. The van der Waals surface area contributed by atoms with E-state index in [1.807, 2.05) is 13.0 Å². The SMILES string of the molecule is C/C=C\C=C(\C(C=C(N)c1ccccc1F)=NC)[C@@H](C)O. The van der Waals surface area contributed by atoms with Crippen molar-refractivity contribution in [1.29, 1.82) is 0 Å². The highest BCUT2D eigenvalue weighted by atomic mass is 19.1. The summed E-state index contributed by atoms with van der Waals surface area (Å²) in [7, 11) is 1.60. The van der Waals surface area contributed by atoms with Crippen LogP contribution in [0.3, 0.4) is 0 Å². The van der Waals surface area contributed by atoms with Crippen LogP contribution >= 0.6 is 0 Å². The van der Waals surface area contributed by atoms with Crippen LogP contribution in [-0.2, 0) is 0 Å². The van der Waals surface area contributed by atoms with E-state index in [9.17, 15) is 9.50 Å². The molecule has 0 fully saturated rings. The number of aliphatic imine (C=N–C) groups is 1. The van der Waals surface area contributed by atoms with E-state index < -0.39 is 11.9 Å². The molecule has 1 aromatic carbocycles. The first-order valence-corrected chi connectivity index (χ1v) is 6.71. The van der Waals surface area contributed by atoms with Crippen LogP contribution in [0.15, 0.2) is 59.1 Å². The summed E-state index contributed by atoms with van der Waals surface area (Å²) in [5.41, 5.74) is 7.67. The Morgan fingerprint density at radius 2 is 2.05 bits per heavy atom. The van der Waals surface area contributed by atoms with Crippen molar-refractivity contribution in [3.8, 4) is 0 Å². The van der Waals surface area contributed by atoms with Gasteiger partial charge in [-0.3, -0.25) is 4.99 Å². The molecular weight excluding hydrogens is 267 g/mol. The number of halogens is 1. The smallest absolute Gasteiger partial charge is 0.132 e. The first-order chi connectivity index (χ1) is 10.0. The molecule has 1 rings (SSSR count). The Bertz CT molecular complexity index is 599. The summed E-state index contributed by atoms with van der Waals surface area (Å²) < 4.78 is 13.7. The molecule has 1 atom stereocenters. The molecule has 0 radical (unpaired) electrons. The van der Waals surface area contributed by atoms with E-state index in [0.717, 1.165) is 0 Å². The van der Waals surface area contributed by atoms with E-state index in [2.05, 4.69) is 4.99 Å². The van der Waals surface area contributed by atoms with Crippen molar-refractivity contribution < 1.29 is 9.50 Å². The number of benzene rings is 1. The largest absolute Gasteiger partial charge is 0.398 e. The number of nitrogens with zero attached hydrogens (tertiary/aromatic N) is 1. The number of nitrogens with two attached hydrogens (primary N) is 1. The molecule has 4 heteroatoms. The molecule has 0 aliphatic rings. The lowest BCUT2D eigenvalue weighted by Crippen LogP contribution is -2.15. The predicted molar refractivity (Wildman–Crippen MR) is 86.5 cm³/mol. The second-order valence-corrected chi connectivity index (χ2v) is 4.51. The zero-order valence-corrected chi connectivity index (χ0v) is 12.5. The molecule has 0 spiro atoms. The topological polar surface area (TPSA) is 58.6 Å². The molecule has 3 nitrogen and oxygen atoms in total. The molecule has 0 heterocycles. The maximum absolute atomic E-state index is 13.7. The summed E-state index contributed by atoms with van der Waals surface area (Å²) in [5, 5.41) is 9.85. The van der Waals surface area contributed by atoms with E-state index in [0.29, 0.717) is 16.8 Å². The Labute approximate surface area is 125 Å². The van der Waals surface area contributed by atoms with Crippen molar-refractivity contribution in [3.05, 3.63) is 65.5 Å². The first kappa shape index (κ1) is 16.9. The molecular formula is C17H21FN2O. The molecule has 3 N–H and O–H groups in total. The van der Waals surface area contributed by atoms with Crippen molar-refractivity contribution in [2.24, 2.45) is 10.7 Å². The third-order valence-corrected chi connectivity index (χ3v) is 2.93. The van der Waals surface area contributed by atoms with Gasteiger partial charge >= 0.3 is 0 Å². The van der Waals surface area contributed by atoms with Gasteiger partial charge in [0.05, 0.1) is 11.8 Å². The number of aliphatic hydroxyl groups excluding tert-OH is 1. The molecule has 1 aromatic rings. The highest BCUT2D eigenvalue weighted by Gasteiger charge is 2.11. The average molecular weight is 288 g/mol. The van der Waals surface area contributed by atoms with E-state index in [1.54, 1.807) is 50.4 Å². The number of rotatable bonds is 5. The molecule has 21 heavy (non-hydrogen) atoms. The Morgan fingerprint density at radius 1 is 1.38 bits per heavy atom. The summed E-state index contributed by atoms with van der Waals surface area (Å²) in [6.45, 7) is 3.52. The Kier molecular flexibility index (Phi) is 6.56. The summed E-state index contributed by atoms with van der Waals surface area (Å²) in [6, 6.07) is 6.28. The van der Waals surface area contributed by atoms with Gasteiger partial charge in [0, 0.05) is 23.9 Å². The predicted octanol–water partition coefficient (Wildman–Crippen LogP) is 3.08. The Hall–Kier alpha value is -2.20. The zero-order valence-electron chi connectivity index (χ0n) is 12.5. The van der Waals surface area contributed by atoms with Gasteiger partial charge in [0.25, 0.3) is 0 Å². The molecule has 0 aromatic heterocycles. The van der Waals surface area contributed by atoms with Crippen LogP contribution in [0.2, 0.25) is 0 Å². The van der Waals surface area contributed by atoms with Crippen LogP contribution < -0.4 is 5.73 Å². The number of allylic oxidation sites excluding steroid dienone is 4. The lowest BCUT2D eigenvalue weighted by molar-refractivity contribution is 0.238. The zero-order chi connectivity index (χ0) is 15.8. The van der Waals surface area contributed by atoms with E-state index in [4.69, 9.17) is 5.73 Å². The van der Waals surface area contributed by atoms with Crippen LogP contribution in [0.5, 0.6) is 0 Å². The average Bonchev–Trinajstić information content (AvgIpc) is 2.46. The third kappa shape index (κ3) is 4.68. The van der Waals surface area contributed by atoms with Gasteiger partial charge in [0.1, 0.15) is 5.82 Å². The molecule has 0 unspecified atom stereocenters. The van der Waals surface area contributed by atoms with Gasteiger partial charge < -0.3 is 10.8 Å². The number of hydrogen-bond donors (Lipinski definition) is 2. The third-order valence-electron chi connectivity index (χ3n) is 2.93. The first-order valence-electron chi connectivity index (χ1n) is 6.71. The lowest BCUT2D eigenvalue weighted by Gasteiger charge is -2.11. The maximum atomic E-state index is 13.7. The summed E-state index contributed by atoms with van der Waals surface area (Å²) in [6.07, 6.45) is 6.28. The van der Waals surface area contributed by atoms with Gasteiger partial charge in [-0.05, 0) is 32.1 Å². The van der Waals surface area contributed by atoms with Crippen LogP contribution in [0.4, 0.5) is 4.39 Å². The molecule has 0 saturated heterocycles. The van der Waals surface area contributed by atoms with Gasteiger partial charge in [-0.1, -0.05) is 30.4 Å². The van der Waals surface area contributed by atoms with E-state index in [-0.39, 0.29) is 5.70 Å². The second kappa shape index (κ2) is 8.17. The molecule has 0 aliphatic heterocycles. The lowest BCUT2D eigenvalue weighted by atomic mass is 10.0. The fourth-order valence-electron chi connectivity index (χ4n) is 1.84. The van der Waals surface area contributed by atoms with Gasteiger partial charge in [0.15, 0.2) is 0 Å². The van der Waals surface area contributed by atoms with Crippen molar-refractivity contribution in [2.75, 3.05) is 7.05 Å². The van der Waals surface area contributed by atoms with Crippen LogP contribution in [0.25, 0.3) is 5.70 Å². The Morgan fingerprint density at radius 3 is 2.57 bits per heavy atom. The molecule has 112 valence electrons. The second-order valence-electron chi connectivity index (χ2n) is 4.51. The quantitative estimate of drug-likeness (QED) is 0.646.